The van der Waals surface area contributed by atoms with Crippen LogP contribution in [0.2, 0.25) is 0 Å². The molecule has 2 aromatic rings. The van der Waals surface area contributed by atoms with E-state index in [1.54, 1.807) is 0 Å². The van der Waals surface area contributed by atoms with Crippen molar-refractivity contribution in [2.75, 3.05) is 13.1 Å². The lowest BCUT2D eigenvalue weighted by atomic mass is 9.92. The largest absolute Gasteiger partial charge is 0.438 e. The molecule has 118 valence electrons. The van der Waals surface area contributed by atoms with E-state index in [-0.39, 0.29) is 11.5 Å². The molecule has 1 unspecified atom stereocenters. The van der Waals surface area contributed by atoms with Gasteiger partial charge in [0.05, 0.1) is 18.8 Å². The fraction of sp³-hybridized carbons (Fsp3) is 0.444. The first kappa shape index (κ1) is 13.3. The Bertz CT molecular complexity index is 780. The number of nitrogens with zero attached hydrogens (tertiary/aromatic N) is 2. The van der Waals surface area contributed by atoms with Crippen molar-refractivity contribution >= 4 is 5.91 Å². The number of amides is 1. The van der Waals surface area contributed by atoms with Crippen LogP contribution in [0.4, 0.5) is 0 Å². The van der Waals surface area contributed by atoms with Crippen LogP contribution in [0.15, 0.2) is 35.1 Å². The fourth-order valence-electron chi connectivity index (χ4n) is 3.88. The van der Waals surface area contributed by atoms with Crippen LogP contribution in [-0.4, -0.2) is 28.9 Å². The maximum absolute atomic E-state index is 12.8. The molecule has 0 N–H and O–H groups in total. The van der Waals surface area contributed by atoms with E-state index in [0.717, 1.165) is 25.0 Å². The SMILES string of the molecule is O=C(c1ocnc1C1CC1)N1CCC2(C1)OCc1ccccc12. The zero-order valence-corrected chi connectivity index (χ0v) is 12.8. The molecule has 5 rings (SSSR count). The highest BCUT2D eigenvalue weighted by atomic mass is 16.5. The van der Waals surface area contributed by atoms with E-state index < -0.39 is 0 Å². The lowest BCUT2D eigenvalue weighted by molar-refractivity contribution is -0.0284. The van der Waals surface area contributed by atoms with Crippen molar-refractivity contribution in [3.05, 3.63) is 53.2 Å². The summed E-state index contributed by atoms with van der Waals surface area (Å²) in [5.41, 5.74) is 2.96. The molecule has 3 heterocycles. The molecular formula is C18H18N2O3. The lowest BCUT2D eigenvalue weighted by Gasteiger charge is -2.24. The maximum Gasteiger partial charge on any atom is 0.291 e. The van der Waals surface area contributed by atoms with Gasteiger partial charge in [-0.15, -0.1) is 0 Å². The molecule has 1 spiro atoms. The van der Waals surface area contributed by atoms with Gasteiger partial charge >= 0.3 is 0 Å². The van der Waals surface area contributed by atoms with Gasteiger partial charge in [0.15, 0.2) is 6.39 Å². The molecule has 1 aliphatic carbocycles. The molecule has 23 heavy (non-hydrogen) atoms. The predicted molar refractivity (Wildman–Crippen MR) is 81.9 cm³/mol. The molecule has 0 bridgehead atoms. The van der Waals surface area contributed by atoms with Gasteiger partial charge < -0.3 is 14.1 Å². The number of rotatable bonds is 2. The summed E-state index contributed by atoms with van der Waals surface area (Å²) in [6, 6.07) is 8.31. The zero-order valence-electron chi connectivity index (χ0n) is 12.8. The number of fused-ring (bicyclic) bond motifs is 2. The molecule has 2 aliphatic heterocycles. The second kappa shape index (κ2) is 4.68. The molecule has 1 saturated heterocycles. The first-order valence-corrected chi connectivity index (χ1v) is 8.22. The number of likely N-dealkylation sites (tertiary alicyclic amines) is 1. The first-order chi connectivity index (χ1) is 11.3. The van der Waals surface area contributed by atoms with Crippen LogP contribution in [0.5, 0.6) is 0 Å². The average Bonchev–Trinajstić information content (AvgIpc) is 3.03. The maximum atomic E-state index is 12.8. The molecule has 2 fully saturated rings. The summed E-state index contributed by atoms with van der Waals surface area (Å²) in [5, 5.41) is 0. The Balaban J connectivity index is 1.42. The van der Waals surface area contributed by atoms with Crippen molar-refractivity contribution in [2.24, 2.45) is 0 Å². The van der Waals surface area contributed by atoms with Gasteiger partial charge in [0.1, 0.15) is 5.60 Å². The monoisotopic (exact) mass is 310 g/mol. The Morgan fingerprint density at radius 1 is 1.30 bits per heavy atom. The van der Waals surface area contributed by atoms with Crippen molar-refractivity contribution in [2.45, 2.75) is 37.4 Å². The number of hydrogen-bond acceptors (Lipinski definition) is 4. The third-order valence-corrected chi connectivity index (χ3v) is 5.28. The van der Waals surface area contributed by atoms with Crippen molar-refractivity contribution < 1.29 is 13.9 Å². The standard InChI is InChI=1S/C18H18N2O3/c21-17(16-15(12-5-6-12)19-11-22-16)20-8-7-18(10-20)14-4-2-1-3-13(14)9-23-18/h1-4,11-12H,5-10H2. The summed E-state index contributed by atoms with van der Waals surface area (Å²) in [5.74, 6) is 0.790. The van der Waals surface area contributed by atoms with Crippen LogP contribution in [0.1, 0.15) is 52.6 Å². The van der Waals surface area contributed by atoms with Gasteiger partial charge in [0.25, 0.3) is 5.91 Å². The molecule has 1 aromatic heterocycles. The van der Waals surface area contributed by atoms with Gasteiger partial charge in [-0.25, -0.2) is 4.98 Å². The summed E-state index contributed by atoms with van der Waals surface area (Å²) in [7, 11) is 0. The number of carbonyl (C=O) groups is 1. The highest BCUT2D eigenvalue weighted by Crippen LogP contribution is 2.45. The number of oxazole rings is 1. The number of ether oxygens (including phenoxy) is 1. The first-order valence-electron chi connectivity index (χ1n) is 8.22. The number of carbonyl (C=O) groups excluding carboxylic acids is 1. The van der Waals surface area contributed by atoms with Gasteiger partial charge in [-0.05, 0) is 30.4 Å². The molecular weight excluding hydrogens is 292 g/mol. The molecule has 5 heteroatoms. The topological polar surface area (TPSA) is 55.6 Å². The van der Waals surface area contributed by atoms with Gasteiger partial charge in [0, 0.05) is 12.5 Å². The third kappa shape index (κ3) is 1.96. The van der Waals surface area contributed by atoms with Crippen LogP contribution in [0.25, 0.3) is 0 Å². The van der Waals surface area contributed by atoms with E-state index in [9.17, 15) is 4.79 Å². The van der Waals surface area contributed by atoms with Crippen molar-refractivity contribution in [1.82, 2.24) is 9.88 Å². The van der Waals surface area contributed by atoms with Gasteiger partial charge in [-0.2, -0.15) is 0 Å². The lowest BCUT2D eigenvalue weighted by Crippen LogP contribution is -2.34. The Morgan fingerprint density at radius 3 is 3.04 bits per heavy atom. The molecule has 1 aromatic carbocycles. The molecule has 3 aliphatic rings. The molecule has 1 amide bonds. The minimum atomic E-state index is -0.341. The van der Waals surface area contributed by atoms with Gasteiger partial charge in [0.2, 0.25) is 5.76 Å². The summed E-state index contributed by atoms with van der Waals surface area (Å²) in [6.07, 6.45) is 4.44. The Morgan fingerprint density at radius 2 is 2.17 bits per heavy atom. The fourth-order valence-corrected chi connectivity index (χ4v) is 3.88. The van der Waals surface area contributed by atoms with Crippen molar-refractivity contribution in [3.63, 3.8) is 0 Å². The Labute approximate surface area is 134 Å². The number of benzene rings is 1. The van der Waals surface area contributed by atoms with Crippen LogP contribution >= 0.6 is 0 Å². The van der Waals surface area contributed by atoms with E-state index in [0.29, 0.717) is 31.4 Å². The second-order valence-electron chi connectivity index (χ2n) is 6.76. The molecule has 0 radical (unpaired) electrons. The van der Waals surface area contributed by atoms with Crippen LogP contribution in [0, 0.1) is 0 Å². The Hall–Kier alpha value is -2.14. The van der Waals surface area contributed by atoms with E-state index in [2.05, 4.69) is 17.1 Å². The van der Waals surface area contributed by atoms with Crippen LogP contribution in [0.3, 0.4) is 0 Å². The molecule has 5 nitrogen and oxygen atoms in total. The highest BCUT2D eigenvalue weighted by Gasteiger charge is 2.47. The highest BCUT2D eigenvalue weighted by molar-refractivity contribution is 5.93. The van der Waals surface area contributed by atoms with E-state index in [4.69, 9.17) is 9.15 Å². The van der Waals surface area contributed by atoms with Gasteiger partial charge in [-0.1, -0.05) is 24.3 Å². The summed E-state index contributed by atoms with van der Waals surface area (Å²) >= 11 is 0. The quantitative estimate of drug-likeness (QED) is 0.856. The number of aromatic nitrogens is 1. The third-order valence-electron chi connectivity index (χ3n) is 5.28. The normalized spacial score (nSPS) is 26.0. The van der Waals surface area contributed by atoms with E-state index in [1.807, 2.05) is 17.0 Å². The predicted octanol–water partition coefficient (Wildman–Crippen LogP) is 2.82. The van der Waals surface area contributed by atoms with E-state index >= 15 is 0 Å². The number of hydrogen-bond donors (Lipinski definition) is 0. The minimum Gasteiger partial charge on any atom is -0.438 e. The molecule has 1 saturated carbocycles. The Kier molecular flexibility index (Phi) is 2.71. The molecule has 1 atom stereocenters. The minimum absolute atomic E-state index is 0.0470. The van der Waals surface area contributed by atoms with Crippen molar-refractivity contribution in [3.8, 4) is 0 Å². The second-order valence-corrected chi connectivity index (χ2v) is 6.76. The average molecular weight is 310 g/mol. The summed E-state index contributed by atoms with van der Waals surface area (Å²) < 4.78 is 11.5. The van der Waals surface area contributed by atoms with Crippen LogP contribution in [-0.2, 0) is 16.9 Å². The van der Waals surface area contributed by atoms with Crippen molar-refractivity contribution in [1.29, 1.82) is 0 Å². The van der Waals surface area contributed by atoms with Gasteiger partial charge in [-0.3, -0.25) is 4.79 Å². The van der Waals surface area contributed by atoms with Crippen LogP contribution < -0.4 is 0 Å². The smallest absolute Gasteiger partial charge is 0.291 e. The summed E-state index contributed by atoms with van der Waals surface area (Å²) in [6.45, 7) is 1.92. The van der Waals surface area contributed by atoms with E-state index in [1.165, 1.54) is 17.5 Å². The zero-order chi connectivity index (χ0) is 15.4. The summed E-state index contributed by atoms with van der Waals surface area (Å²) in [4.78, 5) is 19.0.